The molecule has 1 aromatic rings. The second-order valence-corrected chi connectivity index (χ2v) is 6.38. The Bertz CT molecular complexity index is 444. The van der Waals surface area contributed by atoms with Crippen LogP contribution >= 0.6 is 15.9 Å². The first kappa shape index (κ1) is 15.6. The second kappa shape index (κ2) is 7.32. The highest BCUT2D eigenvalue weighted by Gasteiger charge is 2.21. The number of benzene rings is 1. The smallest absolute Gasteiger partial charge is 0.174 e. The van der Waals surface area contributed by atoms with Gasteiger partial charge >= 0.3 is 0 Å². The first-order valence-electron chi connectivity index (χ1n) is 7.29. The van der Waals surface area contributed by atoms with Crippen molar-refractivity contribution in [1.29, 1.82) is 0 Å². The lowest BCUT2D eigenvalue weighted by Crippen LogP contribution is -2.31. The number of hydrogen-bond acceptors (Lipinski definition) is 3. The first-order chi connectivity index (χ1) is 9.65. The molecule has 0 spiro atoms. The number of ether oxygens (including phenoxy) is 2. The van der Waals surface area contributed by atoms with Crippen molar-refractivity contribution in [3.8, 4) is 11.5 Å². The number of hydrogen-bond donors (Lipinski definition) is 1. The van der Waals surface area contributed by atoms with Crippen LogP contribution in [0.25, 0.3) is 0 Å². The maximum Gasteiger partial charge on any atom is 0.174 e. The zero-order valence-corrected chi connectivity index (χ0v) is 14.1. The van der Waals surface area contributed by atoms with E-state index in [0.717, 1.165) is 28.4 Å². The van der Waals surface area contributed by atoms with Crippen molar-refractivity contribution in [2.45, 2.75) is 45.2 Å². The molecule has 0 radical (unpaired) electrons. The lowest BCUT2D eigenvalue weighted by Gasteiger charge is -2.21. The van der Waals surface area contributed by atoms with Gasteiger partial charge in [0.15, 0.2) is 11.5 Å². The van der Waals surface area contributed by atoms with Crippen molar-refractivity contribution in [3.63, 3.8) is 0 Å². The Kier molecular flexibility index (Phi) is 5.73. The fourth-order valence-electron chi connectivity index (χ4n) is 2.98. The van der Waals surface area contributed by atoms with E-state index >= 15 is 0 Å². The molecule has 0 bridgehead atoms. The van der Waals surface area contributed by atoms with Crippen LogP contribution in [0.4, 0.5) is 0 Å². The Labute approximate surface area is 130 Å². The van der Waals surface area contributed by atoms with Gasteiger partial charge in [-0.3, -0.25) is 0 Å². The SMILES string of the molecule is COc1cc(CNC(C)C2CCCC2)cc(Br)c1OC. The van der Waals surface area contributed by atoms with Gasteiger partial charge in [-0.05, 0) is 59.3 Å². The van der Waals surface area contributed by atoms with Gasteiger partial charge in [0.2, 0.25) is 0 Å². The Morgan fingerprint density at radius 3 is 2.55 bits per heavy atom. The Morgan fingerprint density at radius 2 is 1.95 bits per heavy atom. The molecule has 1 saturated carbocycles. The average molecular weight is 342 g/mol. The molecule has 1 aliphatic carbocycles. The van der Waals surface area contributed by atoms with Crippen LogP contribution in [0.1, 0.15) is 38.2 Å². The Hall–Kier alpha value is -0.740. The summed E-state index contributed by atoms with van der Waals surface area (Å²) in [5.74, 6) is 2.35. The van der Waals surface area contributed by atoms with Gasteiger partial charge < -0.3 is 14.8 Å². The summed E-state index contributed by atoms with van der Waals surface area (Å²) in [5.41, 5.74) is 1.21. The third-order valence-electron chi connectivity index (χ3n) is 4.23. The van der Waals surface area contributed by atoms with Crippen molar-refractivity contribution in [3.05, 3.63) is 22.2 Å². The molecule has 1 N–H and O–H groups in total. The summed E-state index contributed by atoms with van der Waals surface area (Å²) in [6, 6.07) is 4.71. The molecule has 1 aliphatic rings. The molecular weight excluding hydrogens is 318 g/mol. The van der Waals surface area contributed by atoms with Crippen LogP contribution in [0.5, 0.6) is 11.5 Å². The molecule has 1 unspecified atom stereocenters. The zero-order valence-electron chi connectivity index (χ0n) is 12.5. The van der Waals surface area contributed by atoms with Crippen molar-refractivity contribution in [2.24, 2.45) is 5.92 Å². The van der Waals surface area contributed by atoms with Gasteiger partial charge in [0, 0.05) is 12.6 Å². The minimum atomic E-state index is 0.573. The molecule has 3 nitrogen and oxygen atoms in total. The maximum atomic E-state index is 5.38. The van der Waals surface area contributed by atoms with Gasteiger partial charge in [0.1, 0.15) is 0 Å². The number of methoxy groups -OCH3 is 2. The molecule has 4 heteroatoms. The number of rotatable bonds is 6. The lowest BCUT2D eigenvalue weighted by atomic mass is 9.99. The Morgan fingerprint density at radius 1 is 1.25 bits per heavy atom. The highest BCUT2D eigenvalue weighted by atomic mass is 79.9. The number of nitrogens with one attached hydrogen (secondary N) is 1. The normalized spacial score (nSPS) is 17.2. The highest BCUT2D eigenvalue weighted by Crippen LogP contribution is 2.36. The van der Waals surface area contributed by atoms with E-state index in [1.807, 2.05) is 6.07 Å². The minimum absolute atomic E-state index is 0.573. The molecule has 1 aromatic carbocycles. The summed E-state index contributed by atoms with van der Waals surface area (Å²) in [6.07, 6.45) is 5.50. The van der Waals surface area contributed by atoms with E-state index in [4.69, 9.17) is 9.47 Å². The van der Waals surface area contributed by atoms with Crippen LogP contribution in [0.2, 0.25) is 0 Å². The fraction of sp³-hybridized carbons (Fsp3) is 0.625. The van der Waals surface area contributed by atoms with Crippen LogP contribution in [0.15, 0.2) is 16.6 Å². The second-order valence-electron chi connectivity index (χ2n) is 5.53. The largest absolute Gasteiger partial charge is 0.493 e. The predicted molar refractivity (Wildman–Crippen MR) is 85.5 cm³/mol. The minimum Gasteiger partial charge on any atom is -0.493 e. The molecule has 20 heavy (non-hydrogen) atoms. The van der Waals surface area contributed by atoms with Crippen LogP contribution in [0.3, 0.4) is 0 Å². The molecule has 1 atom stereocenters. The van der Waals surface area contributed by atoms with Gasteiger partial charge in [-0.2, -0.15) is 0 Å². The fourth-order valence-corrected chi connectivity index (χ4v) is 3.63. The maximum absolute atomic E-state index is 5.38. The average Bonchev–Trinajstić information content (AvgIpc) is 2.98. The van der Waals surface area contributed by atoms with E-state index in [0.29, 0.717) is 6.04 Å². The molecule has 0 heterocycles. The standard InChI is InChI=1S/C16H24BrNO2/c1-11(13-6-4-5-7-13)18-10-12-8-14(17)16(20-3)15(9-12)19-2/h8-9,11,13,18H,4-7,10H2,1-3H3. The van der Waals surface area contributed by atoms with E-state index < -0.39 is 0 Å². The summed E-state index contributed by atoms with van der Waals surface area (Å²) in [7, 11) is 3.32. The molecule has 0 aliphatic heterocycles. The summed E-state index contributed by atoms with van der Waals surface area (Å²) >= 11 is 3.54. The van der Waals surface area contributed by atoms with Crippen LogP contribution < -0.4 is 14.8 Å². The molecule has 1 fully saturated rings. The van der Waals surface area contributed by atoms with Crippen molar-refractivity contribution in [2.75, 3.05) is 14.2 Å². The zero-order chi connectivity index (χ0) is 14.5. The summed E-state index contributed by atoms with van der Waals surface area (Å²) < 4.78 is 11.7. The van der Waals surface area contributed by atoms with Gasteiger partial charge in [-0.1, -0.05) is 12.8 Å². The highest BCUT2D eigenvalue weighted by molar-refractivity contribution is 9.10. The van der Waals surface area contributed by atoms with Crippen LogP contribution in [0, 0.1) is 5.92 Å². The van der Waals surface area contributed by atoms with Crippen LogP contribution in [-0.4, -0.2) is 20.3 Å². The first-order valence-corrected chi connectivity index (χ1v) is 8.08. The number of halogens is 1. The van der Waals surface area contributed by atoms with Crippen molar-refractivity contribution < 1.29 is 9.47 Å². The molecule has 0 aromatic heterocycles. The van der Waals surface area contributed by atoms with E-state index in [-0.39, 0.29) is 0 Å². The molecule has 0 amide bonds. The monoisotopic (exact) mass is 341 g/mol. The summed E-state index contributed by atoms with van der Waals surface area (Å²) in [6.45, 7) is 3.16. The van der Waals surface area contributed by atoms with E-state index in [1.54, 1.807) is 14.2 Å². The van der Waals surface area contributed by atoms with E-state index in [1.165, 1.54) is 31.2 Å². The van der Waals surface area contributed by atoms with Crippen molar-refractivity contribution in [1.82, 2.24) is 5.32 Å². The Balaban J connectivity index is 2.00. The lowest BCUT2D eigenvalue weighted by molar-refractivity contribution is 0.351. The van der Waals surface area contributed by atoms with E-state index in [2.05, 4.69) is 34.2 Å². The van der Waals surface area contributed by atoms with Gasteiger partial charge in [-0.15, -0.1) is 0 Å². The molecule has 2 rings (SSSR count). The molecule has 112 valence electrons. The van der Waals surface area contributed by atoms with E-state index in [9.17, 15) is 0 Å². The quantitative estimate of drug-likeness (QED) is 0.843. The van der Waals surface area contributed by atoms with Gasteiger partial charge in [0.05, 0.1) is 18.7 Å². The molecule has 0 saturated heterocycles. The van der Waals surface area contributed by atoms with Crippen LogP contribution in [-0.2, 0) is 6.54 Å². The third-order valence-corrected chi connectivity index (χ3v) is 4.82. The predicted octanol–water partition coefficient (Wildman–Crippen LogP) is 4.13. The third kappa shape index (κ3) is 3.67. The topological polar surface area (TPSA) is 30.5 Å². The summed E-state index contributed by atoms with van der Waals surface area (Å²) in [4.78, 5) is 0. The van der Waals surface area contributed by atoms with Gasteiger partial charge in [0.25, 0.3) is 0 Å². The van der Waals surface area contributed by atoms with Gasteiger partial charge in [-0.25, -0.2) is 0 Å². The molecular formula is C16H24BrNO2. The van der Waals surface area contributed by atoms with Crippen molar-refractivity contribution >= 4 is 15.9 Å². The summed E-state index contributed by atoms with van der Waals surface area (Å²) in [5, 5.41) is 3.64.